The molecule has 1 aromatic rings. The molecule has 2 saturated carbocycles. The summed E-state index contributed by atoms with van der Waals surface area (Å²) in [4.78, 5) is 4.54. The number of nitrogen functional groups attached to an aromatic ring is 1. The minimum atomic E-state index is 0.687. The van der Waals surface area contributed by atoms with Gasteiger partial charge in [0.1, 0.15) is 0 Å². The number of hydrogen-bond donors (Lipinski definition) is 1. The molecule has 0 unspecified atom stereocenters. The Balaban J connectivity index is 1.77. The van der Waals surface area contributed by atoms with Gasteiger partial charge in [0.15, 0.2) is 0 Å². The molecule has 1 spiro atoms. The third-order valence-electron chi connectivity index (χ3n) is 4.53. The number of nitrogens with two attached hydrogens (primary N) is 1. The second kappa shape index (κ2) is 3.47. The molecule has 2 fully saturated rings. The van der Waals surface area contributed by atoms with E-state index in [2.05, 4.69) is 18.0 Å². The first kappa shape index (κ1) is 10.1. The zero-order chi connectivity index (χ0) is 11.2. The van der Waals surface area contributed by atoms with E-state index < -0.39 is 0 Å². The van der Waals surface area contributed by atoms with Gasteiger partial charge in [0.25, 0.3) is 0 Å². The molecule has 2 heteroatoms. The highest BCUT2D eigenvalue weighted by Crippen LogP contribution is 2.58. The Morgan fingerprint density at radius 3 is 2.50 bits per heavy atom. The summed E-state index contributed by atoms with van der Waals surface area (Å²) in [5.74, 6) is 0.687. The van der Waals surface area contributed by atoms with E-state index in [0.29, 0.717) is 5.92 Å². The molecule has 0 bridgehead atoms. The molecule has 0 atom stereocenters. The van der Waals surface area contributed by atoms with Crippen LogP contribution in [0, 0.1) is 12.3 Å². The molecule has 2 aliphatic rings. The van der Waals surface area contributed by atoms with E-state index in [1.165, 1.54) is 49.8 Å². The Morgan fingerprint density at radius 1 is 1.25 bits per heavy atom. The molecule has 2 nitrogen and oxygen atoms in total. The van der Waals surface area contributed by atoms with Gasteiger partial charge in [-0.3, -0.25) is 4.98 Å². The van der Waals surface area contributed by atoms with Gasteiger partial charge in [0, 0.05) is 11.6 Å². The maximum atomic E-state index is 5.75. The minimum Gasteiger partial charge on any atom is -0.397 e. The van der Waals surface area contributed by atoms with Crippen LogP contribution in [-0.2, 0) is 0 Å². The van der Waals surface area contributed by atoms with Crippen molar-refractivity contribution in [3.63, 3.8) is 0 Å². The lowest BCUT2D eigenvalue weighted by Gasteiger charge is -2.28. The van der Waals surface area contributed by atoms with Gasteiger partial charge in [-0.05, 0) is 62.5 Å². The zero-order valence-corrected chi connectivity index (χ0v) is 10.00. The van der Waals surface area contributed by atoms with Gasteiger partial charge in [-0.2, -0.15) is 0 Å². The molecule has 1 heterocycles. The standard InChI is InChI=1S/C14H20N2/c1-10-8-12(15)9-16-13(10)11-2-4-14(5-3-11)6-7-14/h8-9,11H,2-7,15H2,1H3. The summed E-state index contributed by atoms with van der Waals surface area (Å²) in [6.45, 7) is 2.14. The van der Waals surface area contributed by atoms with Crippen LogP contribution >= 0.6 is 0 Å². The van der Waals surface area contributed by atoms with Crippen LogP contribution in [0.2, 0.25) is 0 Å². The van der Waals surface area contributed by atoms with Crippen LogP contribution < -0.4 is 5.73 Å². The number of rotatable bonds is 1. The highest BCUT2D eigenvalue weighted by molar-refractivity contribution is 5.40. The molecule has 1 aromatic heterocycles. The fraction of sp³-hybridized carbons (Fsp3) is 0.643. The van der Waals surface area contributed by atoms with E-state index in [1.807, 2.05) is 6.20 Å². The van der Waals surface area contributed by atoms with E-state index in [4.69, 9.17) is 5.73 Å². The van der Waals surface area contributed by atoms with Gasteiger partial charge in [0.05, 0.1) is 11.9 Å². The van der Waals surface area contributed by atoms with Crippen LogP contribution in [0.25, 0.3) is 0 Å². The second-order valence-corrected chi connectivity index (χ2v) is 5.75. The van der Waals surface area contributed by atoms with E-state index in [-0.39, 0.29) is 0 Å². The predicted molar refractivity (Wildman–Crippen MR) is 66.3 cm³/mol. The van der Waals surface area contributed by atoms with Crippen LogP contribution in [0.15, 0.2) is 12.3 Å². The van der Waals surface area contributed by atoms with E-state index >= 15 is 0 Å². The third kappa shape index (κ3) is 1.70. The molecule has 0 amide bonds. The number of anilines is 1. The maximum Gasteiger partial charge on any atom is 0.0503 e. The SMILES string of the molecule is Cc1cc(N)cnc1C1CCC2(CC1)CC2. The minimum absolute atomic E-state index is 0.687. The average Bonchev–Trinajstić information content (AvgIpc) is 3.00. The van der Waals surface area contributed by atoms with Crippen molar-refractivity contribution in [3.8, 4) is 0 Å². The first-order chi connectivity index (χ1) is 7.69. The van der Waals surface area contributed by atoms with Gasteiger partial charge < -0.3 is 5.73 Å². The van der Waals surface area contributed by atoms with Gasteiger partial charge in [0.2, 0.25) is 0 Å². The number of hydrogen-bond acceptors (Lipinski definition) is 2. The molecule has 86 valence electrons. The van der Waals surface area contributed by atoms with Gasteiger partial charge in [-0.25, -0.2) is 0 Å². The average molecular weight is 216 g/mol. The van der Waals surface area contributed by atoms with Crippen molar-refractivity contribution in [1.82, 2.24) is 4.98 Å². The molecule has 0 aliphatic heterocycles. The smallest absolute Gasteiger partial charge is 0.0503 e. The van der Waals surface area contributed by atoms with Crippen molar-refractivity contribution in [2.45, 2.75) is 51.4 Å². The molecule has 0 aromatic carbocycles. The fourth-order valence-electron chi connectivity index (χ4n) is 3.21. The Hall–Kier alpha value is -1.05. The van der Waals surface area contributed by atoms with Crippen LogP contribution in [0.3, 0.4) is 0 Å². The van der Waals surface area contributed by atoms with Gasteiger partial charge in [-0.1, -0.05) is 0 Å². The lowest BCUT2D eigenvalue weighted by atomic mass is 9.77. The quantitative estimate of drug-likeness (QED) is 0.781. The monoisotopic (exact) mass is 216 g/mol. The molecule has 2 aliphatic carbocycles. The number of nitrogens with zero attached hydrogens (tertiary/aromatic N) is 1. The summed E-state index contributed by atoms with van der Waals surface area (Å²) >= 11 is 0. The second-order valence-electron chi connectivity index (χ2n) is 5.75. The van der Waals surface area contributed by atoms with Gasteiger partial charge in [-0.15, -0.1) is 0 Å². The molecular formula is C14H20N2. The van der Waals surface area contributed by atoms with Crippen LogP contribution in [0.1, 0.15) is 55.7 Å². The van der Waals surface area contributed by atoms with E-state index in [0.717, 1.165) is 11.1 Å². The van der Waals surface area contributed by atoms with Crippen molar-refractivity contribution in [3.05, 3.63) is 23.5 Å². The summed E-state index contributed by atoms with van der Waals surface area (Å²) < 4.78 is 0. The topological polar surface area (TPSA) is 38.9 Å². The van der Waals surface area contributed by atoms with Crippen LogP contribution in [-0.4, -0.2) is 4.98 Å². The van der Waals surface area contributed by atoms with Crippen LogP contribution in [0.5, 0.6) is 0 Å². The number of pyridine rings is 1. The number of aryl methyl sites for hydroxylation is 1. The highest BCUT2D eigenvalue weighted by atomic mass is 14.7. The Kier molecular flexibility index (Phi) is 2.20. The Morgan fingerprint density at radius 2 is 1.94 bits per heavy atom. The largest absolute Gasteiger partial charge is 0.397 e. The molecule has 0 radical (unpaired) electrons. The highest BCUT2D eigenvalue weighted by Gasteiger charge is 2.45. The van der Waals surface area contributed by atoms with E-state index in [1.54, 1.807) is 0 Å². The molecule has 3 rings (SSSR count). The molecular weight excluding hydrogens is 196 g/mol. The maximum absolute atomic E-state index is 5.75. The summed E-state index contributed by atoms with van der Waals surface area (Å²) in [7, 11) is 0. The summed E-state index contributed by atoms with van der Waals surface area (Å²) in [6.07, 6.45) is 10.3. The van der Waals surface area contributed by atoms with Crippen molar-refractivity contribution >= 4 is 5.69 Å². The lowest BCUT2D eigenvalue weighted by Crippen LogP contribution is -2.15. The van der Waals surface area contributed by atoms with Crippen molar-refractivity contribution < 1.29 is 0 Å². The van der Waals surface area contributed by atoms with Crippen molar-refractivity contribution in [1.29, 1.82) is 0 Å². The fourth-order valence-corrected chi connectivity index (χ4v) is 3.21. The first-order valence-corrected chi connectivity index (χ1v) is 6.41. The van der Waals surface area contributed by atoms with Crippen LogP contribution in [0.4, 0.5) is 5.69 Å². The van der Waals surface area contributed by atoms with E-state index in [9.17, 15) is 0 Å². The summed E-state index contributed by atoms with van der Waals surface area (Å²) in [6, 6.07) is 2.06. The zero-order valence-electron chi connectivity index (χ0n) is 10.00. The third-order valence-corrected chi connectivity index (χ3v) is 4.53. The summed E-state index contributed by atoms with van der Waals surface area (Å²) in [5, 5.41) is 0. The van der Waals surface area contributed by atoms with Crippen molar-refractivity contribution in [2.24, 2.45) is 5.41 Å². The predicted octanol–water partition coefficient (Wildman–Crippen LogP) is 3.41. The number of aromatic nitrogens is 1. The van der Waals surface area contributed by atoms with Crippen molar-refractivity contribution in [2.75, 3.05) is 5.73 Å². The Labute approximate surface area is 97.3 Å². The molecule has 0 saturated heterocycles. The Bertz CT molecular complexity index is 397. The molecule has 16 heavy (non-hydrogen) atoms. The van der Waals surface area contributed by atoms with Gasteiger partial charge >= 0.3 is 0 Å². The summed E-state index contributed by atoms with van der Waals surface area (Å²) in [5.41, 5.74) is 9.88. The molecule has 2 N–H and O–H groups in total. The normalized spacial score (nSPS) is 23.6. The first-order valence-electron chi connectivity index (χ1n) is 6.41. The lowest BCUT2D eigenvalue weighted by molar-refractivity contribution is 0.302.